The molecular formula is C15H28N2O2. The van der Waals surface area contributed by atoms with Crippen molar-refractivity contribution in [3.63, 3.8) is 0 Å². The van der Waals surface area contributed by atoms with Crippen LogP contribution in [0.4, 0.5) is 0 Å². The molecule has 3 rings (SSSR count). The first kappa shape index (κ1) is 13.8. The van der Waals surface area contributed by atoms with E-state index < -0.39 is 0 Å². The van der Waals surface area contributed by atoms with Crippen LogP contribution in [0, 0.1) is 5.92 Å². The number of ether oxygens (including phenoxy) is 1. The fraction of sp³-hybridized carbons (Fsp3) is 1.00. The molecule has 2 heterocycles. The van der Waals surface area contributed by atoms with E-state index >= 15 is 0 Å². The molecule has 110 valence electrons. The van der Waals surface area contributed by atoms with Gasteiger partial charge in [0.1, 0.15) is 0 Å². The lowest BCUT2D eigenvalue weighted by atomic mass is 9.84. The van der Waals surface area contributed by atoms with Gasteiger partial charge in [-0.25, -0.2) is 0 Å². The summed E-state index contributed by atoms with van der Waals surface area (Å²) in [5.74, 6) is 0.774. The van der Waals surface area contributed by atoms with E-state index in [9.17, 15) is 5.11 Å². The number of hydrogen-bond acceptors (Lipinski definition) is 4. The molecule has 4 nitrogen and oxygen atoms in total. The standard InChI is InChI=1S/C15H28N2O2/c1-12-2-3-15(18)14(10-12)17-5-4-13(11-17)16-6-8-19-9-7-16/h12-15,18H,2-11H2,1H3. The largest absolute Gasteiger partial charge is 0.391 e. The zero-order chi connectivity index (χ0) is 13.2. The zero-order valence-corrected chi connectivity index (χ0v) is 12.1. The summed E-state index contributed by atoms with van der Waals surface area (Å²) in [6, 6.07) is 1.10. The summed E-state index contributed by atoms with van der Waals surface area (Å²) in [7, 11) is 0. The van der Waals surface area contributed by atoms with Crippen LogP contribution >= 0.6 is 0 Å². The quantitative estimate of drug-likeness (QED) is 0.809. The maximum absolute atomic E-state index is 10.3. The summed E-state index contributed by atoms with van der Waals surface area (Å²) in [6.45, 7) is 8.59. The fourth-order valence-corrected chi connectivity index (χ4v) is 4.04. The smallest absolute Gasteiger partial charge is 0.0695 e. The topological polar surface area (TPSA) is 35.9 Å². The highest BCUT2D eigenvalue weighted by Gasteiger charge is 2.37. The van der Waals surface area contributed by atoms with Crippen LogP contribution in [0.25, 0.3) is 0 Å². The molecule has 1 N–H and O–H groups in total. The molecule has 0 radical (unpaired) electrons. The average Bonchev–Trinajstić information content (AvgIpc) is 2.92. The summed E-state index contributed by atoms with van der Waals surface area (Å²) < 4.78 is 5.44. The summed E-state index contributed by atoms with van der Waals surface area (Å²) in [4.78, 5) is 5.14. The minimum atomic E-state index is -0.0976. The van der Waals surface area contributed by atoms with Crippen molar-refractivity contribution in [2.45, 2.75) is 50.8 Å². The molecule has 3 aliphatic rings. The lowest BCUT2D eigenvalue weighted by molar-refractivity contribution is 0.000708. The Kier molecular flexibility index (Phi) is 4.42. The van der Waals surface area contributed by atoms with Crippen LogP contribution in [0.3, 0.4) is 0 Å². The predicted molar refractivity (Wildman–Crippen MR) is 75.2 cm³/mol. The number of aliphatic hydroxyl groups excluding tert-OH is 1. The van der Waals surface area contributed by atoms with E-state index in [0.717, 1.165) is 51.7 Å². The Balaban J connectivity index is 1.55. The van der Waals surface area contributed by atoms with E-state index in [-0.39, 0.29) is 6.10 Å². The van der Waals surface area contributed by atoms with Gasteiger partial charge in [-0.3, -0.25) is 9.80 Å². The highest BCUT2D eigenvalue weighted by atomic mass is 16.5. The second-order valence-electron chi connectivity index (χ2n) is 6.64. The maximum Gasteiger partial charge on any atom is 0.0695 e. The molecule has 2 saturated heterocycles. The van der Waals surface area contributed by atoms with Crippen LogP contribution in [0.2, 0.25) is 0 Å². The fourth-order valence-electron chi connectivity index (χ4n) is 4.04. The van der Waals surface area contributed by atoms with E-state index in [2.05, 4.69) is 16.7 Å². The van der Waals surface area contributed by atoms with Gasteiger partial charge >= 0.3 is 0 Å². The third kappa shape index (κ3) is 3.13. The minimum absolute atomic E-state index is 0.0976. The predicted octanol–water partition coefficient (Wildman–Crippen LogP) is 0.942. The molecular weight excluding hydrogens is 240 g/mol. The average molecular weight is 268 g/mol. The first-order valence-electron chi connectivity index (χ1n) is 7.98. The van der Waals surface area contributed by atoms with Crippen LogP contribution < -0.4 is 0 Å². The Hall–Kier alpha value is -0.160. The summed E-state index contributed by atoms with van der Waals surface area (Å²) >= 11 is 0. The normalized spacial score (nSPS) is 42.6. The molecule has 0 aromatic carbocycles. The summed E-state index contributed by atoms with van der Waals surface area (Å²) in [6.07, 6.45) is 4.53. The molecule has 0 aromatic heterocycles. The zero-order valence-electron chi connectivity index (χ0n) is 12.1. The molecule has 2 aliphatic heterocycles. The molecule has 19 heavy (non-hydrogen) atoms. The Morgan fingerprint density at radius 2 is 1.79 bits per heavy atom. The van der Waals surface area contributed by atoms with E-state index in [0.29, 0.717) is 12.1 Å². The second kappa shape index (κ2) is 6.08. The van der Waals surface area contributed by atoms with Crippen molar-refractivity contribution in [2.75, 3.05) is 39.4 Å². The van der Waals surface area contributed by atoms with Crippen LogP contribution in [-0.4, -0.2) is 72.5 Å². The van der Waals surface area contributed by atoms with Gasteiger partial charge in [0, 0.05) is 38.3 Å². The van der Waals surface area contributed by atoms with E-state index in [1.807, 2.05) is 0 Å². The Bertz CT molecular complexity index is 294. The molecule has 0 amide bonds. The van der Waals surface area contributed by atoms with Gasteiger partial charge < -0.3 is 9.84 Å². The number of likely N-dealkylation sites (tertiary alicyclic amines) is 1. The molecule has 3 fully saturated rings. The van der Waals surface area contributed by atoms with E-state index in [4.69, 9.17) is 4.74 Å². The van der Waals surface area contributed by atoms with E-state index in [1.165, 1.54) is 19.3 Å². The Morgan fingerprint density at radius 3 is 2.58 bits per heavy atom. The Labute approximate surface area is 116 Å². The van der Waals surface area contributed by atoms with Gasteiger partial charge in [0.2, 0.25) is 0 Å². The number of morpholine rings is 1. The summed E-state index contributed by atoms with van der Waals surface area (Å²) in [5, 5.41) is 10.3. The Morgan fingerprint density at radius 1 is 1.00 bits per heavy atom. The lowest BCUT2D eigenvalue weighted by Crippen LogP contribution is -2.49. The maximum atomic E-state index is 10.3. The first-order chi connectivity index (χ1) is 9.24. The minimum Gasteiger partial charge on any atom is -0.391 e. The highest BCUT2D eigenvalue weighted by Crippen LogP contribution is 2.30. The van der Waals surface area contributed by atoms with Gasteiger partial charge in [-0.15, -0.1) is 0 Å². The monoisotopic (exact) mass is 268 g/mol. The van der Waals surface area contributed by atoms with Gasteiger partial charge in [-0.1, -0.05) is 6.92 Å². The van der Waals surface area contributed by atoms with Crippen LogP contribution in [0.1, 0.15) is 32.6 Å². The molecule has 4 heteroatoms. The summed E-state index contributed by atoms with van der Waals surface area (Å²) in [5.41, 5.74) is 0. The third-order valence-corrected chi connectivity index (χ3v) is 5.27. The molecule has 0 spiro atoms. The van der Waals surface area contributed by atoms with Crippen molar-refractivity contribution >= 4 is 0 Å². The molecule has 4 unspecified atom stereocenters. The van der Waals surface area contributed by atoms with Crippen LogP contribution in [-0.2, 0) is 4.74 Å². The van der Waals surface area contributed by atoms with E-state index in [1.54, 1.807) is 0 Å². The van der Waals surface area contributed by atoms with Gasteiger partial charge in [-0.2, -0.15) is 0 Å². The van der Waals surface area contributed by atoms with Crippen LogP contribution in [0.15, 0.2) is 0 Å². The number of hydrogen-bond donors (Lipinski definition) is 1. The SMILES string of the molecule is CC1CCC(O)C(N2CCC(N3CCOCC3)C2)C1. The number of nitrogens with zero attached hydrogens (tertiary/aromatic N) is 2. The van der Waals surface area contributed by atoms with Crippen molar-refractivity contribution < 1.29 is 9.84 Å². The first-order valence-corrected chi connectivity index (χ1v) is 7.98. The molecule has 0 aromatic rings. The number of rotatable bonds is 2. The molecule has 4 atom stereocenters. The van der Waals surface area contributed by atoms with Crippen molar-refractivity contribution in [1.29, 1.82) is 0 Å². The van der Waals surface area contributed by atoms with Crippen molar-refractivity contribution in [3.05, 3.63) is 0 Å². The lowest BCUT2D eigenvalue weighted by Gasteiger charge is -2.38. The van der Waals surface area contributed by atoms with Crippen LogP contribution in [0.5, 0.6) is 0 Å². The van der Waals surface area contributed by atoms with Crippen molar-refractivity contribution in [2.24, 2.45) is 5.92 Å². The second-order valence-corrected chi connectivity index (χ2v) is 6.64. The van der Waals surface area contributed by atoms with Gasteiger partial charge in [-0.05, 0) is 31.6 Å². The van der Waals surface area contributed by atoms with Gasteiger partial charge in [0.15, 0.2) is 0 Å². The van der Waals surface area contributed by atoms with Crippen molar-refractivity contribution in [1.82, 2.24) is 9.80 Å². The highest BCUT2D eigenvalue weighted by molar-refractivity contribution is 4.92. The van der Waals surface area contributed by atoms with Crippen molar-refractivity contribution in [3.8, 4) is 0 Å². The molecule has 1 aliphatic carbocycles. The molecule has 1 saturated carbocycles. The molecule has 0 bridgehead atoms. The number of aliphatic hydroxyl groups is 1. The van der Waals surface area contributed by atoms with Gasteiger partial charge in [0.05, 0.1) is 19.3 Å². The van der Waals surface area contributed by atoms with Gasteiger partial charge in [0.25, 0.3) is 0 Å². The third-order valence-electron chi connectivity index (χ3n) is 5.27.